The summed E-state index contributed by atoms with van der Waals surface area (Å²) in [6.45, 7) is 3.98. The Morgan fingerprint density at radius 3 is 2.66 bits per heavy atom. The van der Waals surface area contributed by atoms with Crippen LogP contribution in [-0.2, 0) is 14.6 Å². The van der Waals surface area contributed by atoms with Crippen LogP contribution in [0, 0.1) is 0 Å². The van der Waals surface area contributed by atoms with Gasteiger partial charge in [0.2, 0.25) is 15.7 Å². The van der Waals surface area contributed by atoms with Crippen LogP contribution >= 0.6 is 22.9 Å². The molecule has 0 spiro atoms. The van der Waals surface area contributed by atoms with Gasteiger partial charge in [-0.3, -0.25) is 4.79 Å². The molecular formula is C23H20ClNO5S2. The summed E-state index contributed by atoms with van der Waals surface area (Å²) in [7, 11) is -2.29. The molecule has 1 atom stereocenters. The summed E-state index contributed by atoms with van der Waals surface area (Å²) in [5, 5.41) is 4.78. The molecule has 4 rings (SSSR count). The average Bonchev–Trinajstić information content (AvgIpc) is 3.22. The predicted molar refractivity (Wildman–Crippen MR) is 125 cm³/mol. The number of thiophene rings is 1. The van der Waals surface area contributed by atoms with Gasteiger partial charge in [-0.25, -0.2) is 8.42 Å². The fraction of sp³-hybridized carbons (Fsp3) is 0.174. The molecule has 166 valence electrons. The number of halogens is 1. The Kier molecular flexibility index (Phi) is 6.28. The third kappa shape index (κ3) is 4.13. The van der Waals surface area contributed by atoms with Gasteiger partial charge in [-0.2, -0.15) is 0 Å². The largest absolute Gasteiger partial charge is 0.493 e. The molecular weight excluding hydrogens is 470 g/mol. The molecule has 9 heteroatoms. The number of amides is 1. The molecule has 0 saturated carbocycles. The highest BCUT2D eigenvalue weighted by Crippen LogP contribution is 2.47. The van der Waals surface area contributed by atoms with Crippen LogP contribution in [-0.4, -0.2) is 28.0 Å². The number of fused-ring (bicyclic) bond motifs is 1. The lowest BCUT2D eigenvalue weighted by molar-refractivity contribution is -0.116. The topological polar surface area (TPSA) is 81.7 Å². The lowest BCUT2D eigenvalue weighted by Gasteiger charge is -2.24. The number of nitrogens with one attached hydrogen (secondary N) is 1. The van der Waals surface area contributed by atoms with E-state index in [-0.39, 0.29) is 28.0 Å². The molecule has 1 aliphatic heterocycles. The summed E-state index contributed by atoms with van der Waals surface area (Å²) in [6, 6.07) is 11.4. The summed E-state index contributed by atoms with van der Waals surface area (Å²) in [5.74, 6) is 0.538. The molecule has 1 unspecified atom stereocenters. The Bertz CT molecular complexity index is 1280. The maximum Gasteiger partial charge on any atom is 0.225 e. The van der Waals surface area contributed by atoms with Crippen LogP contribution in [0.1, 0.15) is 22.8 Å². The maximum atomic E-state index is 13.2. The smallest absolute Gasteiger partial charge is 0.225 e. The highest BCUT2D eigenvalue weighted by molar-refractivity contribution is 7.91. The summed E-state index contributed by atoms with van der Waals surface area (Å²) >= 11 is 7.21. The van der Waals surface area contributed by atoms with Crippen molar-refractivity contribution in [3.05, 3.63) is 76.0 Å². The standard InChI is InChI=1S/C23H20ClNO5S2/c1-3-10-30-18-9-4-14(11-19(18)29-2)17-12-21(26)25-22-20(13-31-23(17)22)32(27,28)16-7-5-15(24)6-8-16/h3-9,11,13,17H,1,10,12H2,2H3,(H,25,26). The number of methoxy groups -OCH3 is 1. The van der Waals surface area contributed by atoms with E-state index >= 15 is 0 Å². The summed E-state index contributed by atoms with van der Waals surface area (Å²) in [4.78, 5) is 13.5. The highest BCUT2D eigenvalue weighted by Gasteiger charge is 2.34. The van der Waals surface area contributed by atoms with E-state index in [1.165, 1.54) is 35.6 Å². The van der Waals surface area contributed by atoms with Crippen molar-refractivity contribution in [1.29, 1.82) is 0 Å². The molecule has 3 aromatic rings. The zero-order chi connectivity index (χ0) is 22.9. The second-order valence-corrected chi connectivity index (χ2v) is 10.4. The van der Waals surface area contributed by atoms with E-state index in [1.54, 1.807) is 24.6 Å². The van der Waals surface area contributed by atoms with E-state index in [4.69, 9.17) is 21.1 Å². The SMILES string of the molecule is C=CCOc1ccc(C2CC(=O)Nc3c(S(=O)(=O)c4ccc(Cl)cc4)csc32)cc1OC. The van der Waals surface area contributed by atoms with E-state index in [0.29, 0.717) is 28.8 Å². The lowest BCUT2D eigenvalue weighted by Crippen LogP contribution is -2.23. The molecule has 32 heavy (non-hydrogen) atoms. The van der Waals surface area contributed by atoms with Gasteiger partial charge in [-0.1, -0.05) is 30.3 Å². The van der Waals surface area contributed by atoms with Crippen LogP contribution in [0.3, 0.4) is 0 Å². The van der Waals surface area contributed by atoms with E-state index in [1.807, 2.05) is 12.1 Å². The molecule has 0 saturated heterocycles. The molecule has 1 aliphatic rings. The minimum Gasteiger partial charge on any atom is -0.493 e. The number of hydrogen-bond acceptors (Lipinski definition) is 6. The first-order chi connectivity index (χ1) is 15.3. The first-order valence-electron chi connectivity index (χ1n) is 9.68. The summed E-state index contributed by atoms with van der Waals surface area (Å²) in [6.07, 6.45) is 1.84. The fourth-order valence-electron chi connectivity index (χ4n) is 3.58. The Hall–Kier alpha value is -2.81. The molecule has 1 amide bonds. The van der Waals surface area contributed by atoms with Crippen LogP contribution in [0.5, 0.6) is 11.5 Å². The molecule has 0 bridgehead atoms. The van der Waals surface area contributed by atoms with Crippen molar-refractivity contribution in [2.45, 2.75) is 22.1 Å². The van der Waals surface area contributed by atoms with Gasteiger partial charge >= 0.3 is 0 Å². The maximum absolute atomic E-state index is 13.2. The second kappa shape index (κ2) is 8.97. The molecule has 2 aromatic carbocycles. The monoisotopic (exact) mass is 489 g/mol. The van der Waals surface area contributed by atoms with Gasteiger partial charge in [0.25, 0.3) is 0 Å². The van der Waals surface area contributed by atoms with Gasteiger partial charge in [-0.05, 0) is 42.0 Å². The van der Waals surface area contributed by atoms with Crippen LogP contribution in [0.4, 0.5) is 5.69 Å². The van der Waals surface area contributed by atoms with Crippen molar-refractivity contribution >= 4 is 44.4 Å². The molecule has 1 N–H and O–H groups in total. The van der Waals surface area contributed by atoms with Crippen LogP contribution in [0.2, 0.25) is 5.02 Å². The van der Waals surface area contributed by atoms with E-state index in [0.717, 1.165) is 10.4 Å². The summed E-state index contributed by atoms with van der Waals surface area (Å²) < 4.78 is 37.5. The number of carbonyl (C=O) groups excluding carboxylic acids is 1. The van der Waals surface area contributed by atoms with Crippen molar-refractivity contribution in [3.8, 4) is 11.5 Å². The van der Waals surface area contributed by atoms with Crippen LogP contribution in [0.15, 0.2) is 70.3 Å². The number of sulfone groups is 1. The number of carbonyl (C=O) groups is 1. The summed E-state index contributed by atoms with van der Waals surface area (Å²) in [5.41, 5.74) is 1.17. The number of benzene rings is 2. The van der Waals surface area contributed by atoms with Crippen molar-refractivity contribution in [1.82, 2.24) is 0 Å². The van der Waals surface area contributed by atoms with E-state index in [2.05, 4.69) is 11.9 Å². The third-order valence-corrected chi connectivity index (χ3v) is 8.41. The van der Waals surface area contributed by atoms with E-state index < -0.39 is 9.84 Å². The highest BCUT2D eigenvalue weighted by atomic mass is 35.5. The van der Waals surface area contributed by atoms with Gasteiger partial charge in [0.1, 0.15) is 11.5 Å². The van der Waals surface area contributed by atoms with Crippen molar-refractivity contribution in [2.75, 3.05) is 19.0 Å². The molecule has 0 aliphatic carbocycles. The van der Waals surface area contributed by atoms with E-state index in [9.17, 15) is 13.2 Å². The Labute approximate surface area is 195 Å². The van der Waals surface area contributed by atoms with Gasteiger partial charge in [0, 0.05) is 27.6 Å². The van der Waals surface area contributed by atoms with Crippen molar-refractivity contribution < 1.29 is 22.7 Å². The third-order valence-electron chi connectivity index (χ3n) is 5.12. The quantitative estimate of drug-likeness (QED) is 0.456. The molecule has 2 heterocycles. The molecule has 1 aromatic heterocycles. The van der Waals surface area contributed by atoms with Crippen molar-refractivity contribution in [3.63, 3.8) is 0 Å². The van der Waals surface area contributed by atoms with Crippen LogP contribution in [0.25, 0.3) is 0 Å². The lowest BCUT2D eigenvalue weighted by atomic mass is 9.90. The zero-order valence-corrected chi connectivity index (χ0v) is 19.5. The van der Waals surface area contributed by atoms with Gasteiger partial charge in [0.15, 0.2) is 11.5 Å². The van der Waals surface area contributed by atoms with Gasteiger partial charge in [0.05, 0.1) is 17.7 Å². The zero-order valence-electron chi connectivity index (χ0n) is 17.1. The Balaban J connectivity index is 1.76. The Morgan fingerprint density at radius 1 is 1.22 bits per heavy atom. The first-order valence-corrected chi connectivity index (χ1v) is 12.4. The molecule has 0 radical (unpaired) electrons. The van der Waals surface area contributed by atoms with Gasteiger partial charge < -0.3 is 14.8 Å². The number of ether oxygens (including phenoxy) is 2. The van der Waals surface area contributed by atoms with Gasteiger partial charge in [-0.15, -0.1) is 11.3 Å². The fourth-order valence-corrected chi connectivity index (χ4v) is 6.61. The first kappa shape index (κ1) is 22.4. The predicted octanol–water partition coefficient (Wildman–Crippen LogP) is 5.28. The normalized spacial score (nSPS) is 15.6. The number of hydrogen-bond donors (Lipinski definition) is 1. The minimum absolute atomic E-state index is 0.0794. The minimum atomic E-state index is -3.83. The number of rotatable bonds is 7. The van der Waals surface area contributed by atoms with Crippen molar-refractivity contribution in [2.24, 2.45) is 0 Å². The number of anilines is 1. The Morgan fingerprint density at radius 2 is 1.97 bits per heavy atom. The average molecular weight is 490 g/mol. The second-order valence-electron chi connectivity index (χ2n) is 7.11. The molecule has 0 fully saturated rings. The molecule has 6 nitrogen and oxygen atoms in total. The van der Waals surface area contributed by atoms with Crippen LogP contribution < -0.4 is 14.8 Å².